The van der Waals surface area contributed by atoms with E-state index in [0.717, 1.165) is 29.7 Å². The van der Waals surface area contributed by atoms with E-state index in [4.69, 9.17) is 0 Å². The summed E-state index contributed by atoms with van der Waals surface area (Å²) >= 11 is 0. The van der Waals surface area contributed by atoms with Gasteiger partial charge in [-0.1, -0.05) is 36.4 Å². The summed E-state index contributed by atoms with van der Waals surface area (Å²) < 4.78 is 13.3. The molecule has 0 aromatic heterocycles. The van der Waals surface area contributed by atoms with E-state index in [-0.39, 0.29) is 11.7 Å². The number of carbonyl (C=O) groups excluding carboxylic acids is 1. The fraction of sp³-hybridized carbons (Fsp3) is 0.333. The maximum Gasteiger partial charge on any atom is 0.222 e. The lowest BCUT2D eigenvalue weighted by Gasteiger charge is -2.16. The lowest BCUT2D eigenvalue weighted by molar-refractivity contribution is -0.128. The average molecular weight is 368 g/mol. The lowest BCUT2D eigenvalue weighted by atomic mass is 10.1. The highest BCUT2D eigenvalue weighted by Crippen LogP contribution is 2.15. The molecule has 0 saturated carbocycles. The van der Waals surface area contributed by atoms with Gasteiger partial charge in [-0.05, 0) is 35.2 Å². The molecule has 0 atom stereocenters. The summed E-state index contributed by atoms with van der Waals surface area (Å²) in [7, 11) is 1.70. The van der Waals surface area contributed by atoms with Gasteiger partial charge in [0.1, 0.15) is 5.82 Å². The number of rotatable bonds is 6. The van der Waals surface area contributed by atoms with Crippen LogP contribution in [0.5, 0.6) is 0 Å². The number of amides is 1. The van der Waals surface area contributed by atoms with E-state index in [9.17, 15) is 9.18 Å². The monoisotopic (exact) mass is 368 g/mol. The first kappa shape index (κ1) is 18.9. The van der Waals surface area contributed by atoms with Gasteiger partial charge in [0.15, 0.2) is 5.96 Å². The second-order valence-electron chi connectivity index (χ2n) is 6.65. The highest BCUT2D eigenvalue weighted by atomic mass is 19.1. The number of hydrogen-bond acceptors (Lipinski definition) is 2. The van der Waals surface area contributed by atoms with Crippen LogP contribution in [0.3, 0.4) is 0 Å². The van der Waals surface area contributed by atoms with Gasteiger partial charge in [0.05, 0.1) is 0 Å². The normalized spacial score (nSPS) is 14.5. The SMILES string of the molecule is CN=C(NCc1cccc(F)c1)NCc1cccc(CN2CCCC2=O)c1. The quantitative estimate of drug-likeness (QED) is 0.609. The third-order valence-electron chi connectivity index (χ3n) is 4.57. The highest BCUT2D eigenvalue weighted by Gasteiger charge is 2.19. The maximum atomic E-state index is 13.3. The summed E-state index contributed by atoms with van der Waals surface area (Å²) in [6, 6.07) is 14.7. The molecule has 0 unspecified atom stereocenters. The van der Waals surface area contributed by atoms with Gasteiger partial charge in [0, 0.05) is 39.6 Å². The predicted molar refractivity (Wildman–Crippen MR) is 105 cm³/mol. The molecule has 6 heteroatoms. The molecule has 0 spiro atoms. The second-order valence-corrected chi connectivity index (χ2v) is 6.65. The molecule has 2 N–H and O–H groups in total. The Morgan fingerprint density at radius 1 is 1.07 bits per heavy atom. The standard InChI is InChI=1S/C21H25FN4O/c1-23-21(25-14-17-6-3-8-19(22)12-17)24-13-16-5-2-7-18(11-16)15-26-10-4-9-20(26)27/h2-3,5-8,11-12H,4,9-10,13-15H2,1H3,(H2,23,24,25). The maximum absolute atomic E-state index is 13.3. The minimum atomic E-state index is -0.245. The third-order valence-corrected chi connectivity index (χ3v) is 4.57. The van der Waals surface area contributed by atoms with Crippen molar-refractivity contribution in [2.75, 3.05) is 13.6 Å². The number of halogens is 1. The van der Waals surface area contributed by atoms with Crippen molar-refractivity contribution in [1.29, 1.82) is 0 Å². The fourth-order valence-electron chi connectivity index (χ4n) is 3.17. The first-order valence-electron chi connectivity index (χ1n) is 9.18. The van der Waals surface area contributed by atoms with E-state index in [2.05, 4.69) is 21.7 Å². The zero-order valence-corrected chi connectivity index (χ0v) is 15.5. The van der Waals surface area contributed by atoms with Crippen LogP contribution in [-0.2, 0) is 24.4 Å². The van der Waals surface area contributed by atoms with Crippen LogP contribution < -0.4 is 10.6 Å². The summed E-state index contributed by atoms with van der Waals surface area (Å²) in [5, 5.41) is 6.45. The van der Waals surface area contributed by atoms with Crippen LogP contribution in [0.15, 0.2) is 53.5 Å². The van der Waals surface area contributed by atoms with Gasteiger partial charge in [-0.25, -0.2) is 4.39 Å². The molecule has 1 amide bonds. The van der Waals surface area contributed by atoms with E-state index in [1.54, 1.807) is 13.1 Å². The zero-order chi connectivity index (χ0) is 19.1. The molecule has 1 aliphatic heterocycles. The fourth-order valence-corrected chi connectivity index (χ4v) is 3.17. The van der Waals surface area contributed by atoms with Crippen LogP contribution in [0, 0.1) is 5.82 Å². The number of carbonyl (C=O) groups is 1. The summed E-state index contributed by atoms with van der Waals surface area (Å²) in [5.41, 5.74) is 3.11. The molecule has 1 aliphatic rings. The summed E-state index contributed by atoms with van der Waals surface area (Å²) in [6.07, 6.45) is 1.61. The largest absolute Gasteiger partial charge is 0.352 e. The van der Waals surface area contributed by atoms with Crippen LogP contribution in [0.25, 0.3) is 0 Å². The lowest BCUT2D eigenvalue weighted by Crippen LogP contribution is -2.36. The molecule has 0 bridgehead atoms. The Hall–Kier alpha value is -2.89. The van der Waals surface area contributed by atoms with Gasteiger partial charge < -0.3 is 15.5 Å². The van der Waals surface area contributed by atoms with Crippen LogP contribution >= 0.6 is 0 Å². The molecule has 1 heterocycles. The highest BCUT2D eigenvalue weighted by molar-refractivity contribution is 5.79. The Kier molecular flexibility index (Phi) is 6.41. The van der Waals surface area contributed by atoms with Crippen LogP contribution in [0.1, 0.15) is 29.5 Å². The molecule has 27 heavy (non-hydrogen) atoms. The van der Waals surface area contributed by atoms with Crippen molar-refractivity contribution in [3.8, 4) is 0 Å². The molecule has 5 nitrogen and oxygen atoms in total. The van der Waals surface area contributed by atoms with Gasteiger partial charge >= 0.3 is 0 Å². The Morgan fingerprint density at radius 2 is 1.74 bits per heavy atom. The number of nitrogens with one attached hydrogen (secondary N) is 2. The second kappa shape index (κ2) is 9.16. The summed E-state index contributed by atoms with van der Waals surface area (Å²) in [5.74, 6) is 0.644. The van der Waals surface area contributed by atoms with Gasteiger partial charge in [0.25, 0.3) is 0 Å². The first-order chi connectivity index (χ1) is 13.1. The van der Waals surface area contributed by atoms with Crippen LogP contribution in [0.4, 0.5) is 4.39 Å². The molecule has 0 aliphatic carbocycles. The van der Waals surface area contributed by atoms with Gasteiger partial charge in [-0.15, -0.1) is 0 Å². The number of hydrogen-bond donors (Lipinski definition) is 2. The van der Waals surface area contributed by atoms with Crippen LogP contribution in [-0.4, -0.2) is 30.4 Å². The van der Waals surface area contributed by atoms with Crippen molar-refractivity contribution in [2.45, 2.75) is 32.5 Å². The van der Waals surface area contributed by atoms with E-state index >= 15 is 0 Å². The topological polar surface area (TPSA) is 56.7 Å². The smallest absolute Gasteiger partial charge is 0.222 e. The molecule has 2 aromatic rings. The van der Waals surface area contributed by atoms with E-state index in [0.29, 0.717) is 32.0 Å². The van der Waals surface area contributed by atoms with Crippen molar-refractivity contribution in [3.05, 3.63) is 71.0 Å². The van der Waals surface area contributed by atoms with Crippen molar-refractivity contribution < 1.29 is 9.18 Å². The molecular formula is C21H25FN4O. The summed E-state index contributed by atoms with van der Waals surface area (Å²) in [4.78, 5) is 17.9. The van der Waals surface area contributed by atoms with Crippen molar-refractivity contribution >= 4 is 11.9 Å². The Bertz CT molecular complexity index is 821. The molecule has 1 saturated heterocycles. The Balaban J connectivity index is 1.52. The molecular weight excluding hydrogens is 343 g/mol. The minimum absolute atomic E-state index is 0.237. The first-order valence-corrected chi connectivity index (χ1v) is 9.18. The van der Waals surface area contributed by atoms with E-state index in [1.165, 1.54) is 12.1 Å². The van der Waals surface area contributed by atoms with Gasteiger partial charge in [-0.3, -0.25) is 9.79 Å². The minimum Gasteiger partial charge on any atom is -0.352 e. The molecule has 2 aromatic carbocycles. The number of aliphatic imine (C=N–C) groups is 1. The van der Waals surface area contributed by atoms with Crippen molar-refractivity contribution in [2.24, 2.45) is 4.99 Å². The number of nitrogens with zero attached hydrogens (tertiary/aromatic N) is 2. The zero-order valence-electron chi connectivity index (χ0n) is 15.5. The molecule has 1 fully saturated rings. The van der Waals surface area contributed by atoms with Crippen molar-refractivity contribution in [3.63, 3.8) is 0 Å². The molecule has 142 valence electrons. The van der Waals surface area contributed by atoms with E-state index in [1.807, 2.05) is 29.2 Å². The van der Waals surface area contributed by atoms with Crippen LogP contribution in [0.2, 0.25) is 0 Å². The average Bonchev–Trinajstić information content (AvgIpc) is 3.07. The Morgan fingerprint density at radius 3 is 2.37 bits per heavy atom. The summed E-state index contributed by atoms with van der Waals surface area (Å²) in [6.45, 7) is 2.62. The predicted octanol–water partition coefficient (Wildman–Crippen LogP) is 2.81. The molecule has 3 rings (SSSR count). The number of likely N-dealkylation sites (tertiary alicyclic amines) is 1. The van der Waals surface area contributed by atoms with Crippen molar-refractivity contribution in [1.82, 2.24) is 15.5 Å². The number of guanidine groups is 1. The third kappa shape index (κ3) is 5.54. The van der Waals surface area contributed by atoms with E-state index < -0.39 is 0 Å². The molecule has 0 radical (unpaired) electrons. The number of benzene rings is 2. The Labute approximate surface area is 159 Å². The van der Waals surface area contributed by atoms with Gasteiger partial charge in [-0.2, -0.15) is 0 Å². The van der Waals surface area contributed by atoms with Gasteiger partial charge in [0.2, 0.25) is 5.91 Å².